The van der Waals surface area contributed by atoms with Crippen LogP contribution in [-0.2, 0) is 19.1 Å². The molecule has 0 bridgehead atoms. The van der Waals surface area contributed by atoms with Gasteiger partial charge in [-0.1, -0.05) is 6.92 Å². The Morgan fingerprint density at radius 3 is 2.25 bits per heavy atom. The Hall–Kier alpha value is -1.63. The molecular formula is C13H22N2O5. The average Bonchev–Trinajstić information content (AvgIpc) is 2.86. The van der Waals surface area contributed by atoms with Gasteiger partial charge in [-0.15, -0.1) is 0 Å². The molecule has 114 valence electrons. The third-order valence-corrected chi connectivity index (χ3v) is 3.20. The highest BCUT2D eigenvalue weighted by Crippen LogP contribution is 2.21. The maximum atomic E-state index is 12.3. The van der Waals surface area contributed by atoms with E-state index in [1.165, 1.54) is 9.80 Å². The Kier molecular flexibility index (Phi) is 5.94. The molecule has 1 aliphatic heterocycles. The zero-order chi connectivity index (χ0) is 15.3. The zero-order valence-electron chi connectivity index (χ0n) is 12.2. The first-order valence-electron chi connectivity index (χ1n) is 6.74. The monoisotopic (exact) mass is 286 g/mol. The SMILES string of the molecule is CCCN(CC(=O)N(C)C)C(=O)C1CCC(C(=O)O)O1. The molecule has 1 rings (SSSR count). The maximum Gasteiger partial charge on any atom is 0.332 e. The lowest BCUT2D eigenvalue weighted by Gasteiger charge is -2.25. The molecule has 1 saturated heterocycles. The Labute approximate surface area is 118 Å². The van der Waals surface area contributed by atoms with Crippen LogP contribution in [0.3, 0.4) is 0 Å². The molecule has 0 spiro atoms. The maximum absolute atomic E-state index is 12.3. The number of hydrogen-bond donors (Lipinski definition) is 1. The number of nitrogens with zero attached hydrogens (tertiary/aromatic N) is 2. The van der Waals surface area contributed by atoms with Crippen molar-refractivity contribution < 1.29 is 24.2 Å². The van der Waals surface area contributed by atoms with Gasteiger partial charge in [0.25, 0.3) is 5.91 Å². The molecule has 0 radical (unpaired) electrons. The second-order valence-electron chi connectivity index (χ2n) is 5.08. The number of amides is 2. The van der Waals surface area contributed by atoms with Crippen molar-refractivity contribution in [2.75, 3.05) is 27.2 Å². The number of carboxylic acids is 1. The molecule has 2 unspecified atom stereocenters. The van der Waals surface area contributed by atoms with E-state index in [4.69, 9.17) is 9.84 Å². The number of hydrogen-bond acceptors (Lipinski definition) is 4. The third-order valence-electron chi connectivity index (χ3n) is 3.20. The first-order chi connectivity index (χ1) is 9.36. The van der Waals surface area contributed by atoms with E-state index in [1.54, 1.807) is 14.1 Å². The number of ether oxygens (including phenoxy) is 1. The summed E-state index contributed by atoms with van der Waals surface area (Å²) in [4.78, 5) is 37.7. The van der Waals surface area contributed by atoms with Crippen molar-refractivity contribution in [3.8, 4) is 0 Å². The van der Waals surface area contributed by atoms with Crippen LogP contribution in [0.2, 0.25) is 0 Å². The molecule has 0 aliphatic carbocycles. The molecule has 1 heterocycles. The second kappa shape index (κ2) is 7.23. The zero-order valence-corrected chi connectivity index (χ0v) is 12.2. The van der Waals surface area contributed by atoms with Gasteiger partial charge in [0, 0.05) is 20.6 Å². The lowest BCUT2D eigenvalue weighted by Crippen LogP contribution is -2.45. The van der Waals surface area contributed by atoms with Gasteiger partial charge in [0.2, 0.25) is 5.91 Å². The molecule has 1 aliphatic rings. The van der Waals surface area contributed by atoms with Crippen molar-refractivity contribution in [3.05, 3.63) is 0 Å². The highest BCUT2D eigenvalue weighted by Gasteiger charge is 2.37. The minimum absolute atomic E-state index is 0.00271. The first-order valence-corrected chi connectivity index (χ1v) is 6.74. The summed E-state index contributed by atoms with van der Waals surface area (Å²) in [6, 6.07) is 0. The summed E-state index contributed by atoms with van der Waals surface area (Å²) in [5, 5.41) is 8.86. The molecule has 7 heteroatoms. The summed E-state index contributed by atoms with van der Waals surface area (Å²) in [6.45, 7) is 2.36. The van der Waals surface area contributed by atoms with Crippen LogP contribution in [0, 0.1) is 0 Å². The van der Waals surface area contributed by atoms with Gasteiger partial charge in [-0.25, -0.2) is 4.79 Å². The number of carbonyl (C=O) groups is 3. The summed E-state index contributed by atoms with van der Waals surface area (Å²) in [5.41, 5.74) is 0. The van der Waals surface area contributed by atoms with E-state index in [9.17, 15) is 14.4 Å². The second-order valence-corrected chi connectivity index (χ2v) is 5.08. The molecule has 7 nitrogen and oxygen atoms in total. The molecule has 2 atom stereocenters. The van der Waals surface area contributed by atoms with E-state index in [2.05, 4.69) is 0 Å². The molecule has 2 amide bonds. The van der Waals surface area contributed by atoms with Crippen LogP contribution < -0.4 is 0 Å². The van der Waals surface area contributed by atoms with Gasteiger partial charge in [-0.05, 0) is 19.3 Å². The van der Waals surface area contributed by atoms with Crippen molar-refractivity contribution in [2.24, 2.45) is 0 Å². The molecule has 0 aromatic rings. The Morgan fingerprint density at radius 2 is 1.80 bits per heavy atom. The summed E-state index contributed by atoms with van der Waals surface area (Å²) in [5.74, 6) is -1.52. The summed E-state index contributed by atoms with van der Waals surface area (Å²) >= 11 is 0. The molecule has 0 aromatic heterocycles. The van der Waals surface area contributed by atoms with E-state index in [1.807, 2.05) is 6.92 Å². The van der Waals surface area contributed by atoms with Gasteiger partial charge >= 0.3 is 5.97 Å². The van der Waals surface area contributed by atoms with Crippen LogP contribution in [0.4, 0.5) is 0 Å². The number of aliphatic carboxylic acids is 1. The van der Waals surface area contributed by atoms with Crippen molar-refractivity contribution in [2.45, 2.75) is 38.4 Å². The number of rotatable bonds is 6. The van der Waals surface area contributed by atoms with Crippen LogP contribution >= 0.6 is 0 Å². The molecule has 1 N–H and O–H groups in total. The van der Waals surface area contributed by atoms with Gasteiger partial charge < -0.3 is 19.6 Å². The van der Waals surface area contributed by atoms with E-state index in [0.29, 0.717) is 19.4 Å². The van der Waals surface area contributed by atoms with Crippen LogP contribution in [-0.4, -0.2) is 72.1 Å². The van der Waals surface area contributed by atoms with Crippen molar-refractivity contribution in [1.29, 1.82) is 0 Å². The van der Waals surface area contributed by atoms with Crippen molar-refractivity contribution in [1.82, 2.24) is 9.80 Å². The van der Waals surface area contributed by atoms with Gasteiger partial charge in [-0.3, -0.25) is 9.59 Å². The largest absolute Gasteiger partial charge is 0.479 e. The number of likely N-dealkylation sites (N-methyl/N-ethyl adjacent to an activating group) is 1. The Bertz CT molecular complexity index is 383. The van der Waals surface area contributed by atoms with Gasteiger partial charge in [-0.2, -0.15) is 0 Å². The van der Waals surface area contributed by atoms with Crippen molar-refractivity contribution in [3.63, 3.8) is 0 Å². The fourth-order valence-corrected chi connectivity index (χ4v) is 2.05. The summed E-state index contributed by atoms with van der Waals surface area (Å²) in [6.07, 6.45) is -0.240. The van der Waals surface area contributed by atoms with Crippen LogP contribution in [0.15, 0.2) is 0 Å². The normalized spacial score (nSPS) is 21.6. The predicted octanol–water partition coefficient (Wildman–Crippen LogP) is -0.0546. The van der Waals surface area contributed by atoms with E-state index >= 15 is 0 Å². The van der Waals surface area contributed by atoms with Crippen molar-refractivity contribution >= 4 is 17.8 Å². The van der Waals surface area contributed by atoms with Gasteiger partial charge in [0.05, 0.1) is 6.54 Å². The fraction of sp³-hybridized carbons (Fsp3) is 0.769. The summed E-state index contributed by atoms with van der Waals surface area (Å²) < 4.78 is 5.24. The highest BCUT2D eigenvalue weighted by atomic mass is 16.5. The molecule has 20 heavy (non-hydrogen) atoms. The molecular weight excluding hydrogens is 264 g/mol. The third kappa shape index (κ3) is 4.19. The van der Waals surface area contributed by atoms with Crippen LogP contribution in [0.1, 0.15) is 26.2 Å². The van der Waals surface area contributed by atoms with Gasteiger partial charge in [0.1, 0.15) is 6.10 Å². The standard InChI is InChI=1S/C13H22N2O5/c1-4-7-15(8-11(16)14(2)3)12(17)9-5-6-10(20-9)13(18)19/h9-10H,4-8H2,1-3H3,(H,18,19). The highest BCUT2D eigenvalue weighted by molar-refractivity contribution is 5.87. The minimum Gasteiger partial charge on any atom is -0.479 e. The van der Waals surface area contributed by atoms with Crippen LogP contribution in [0.25, 0.3) is 0 Å². The Morgan fingerprint density at radius 1 is 1.20 bits per heavy atom. The van der Waals surface area contributed by atoms with E-state index in [-0.39, 0.29) is 18.4 Å². The minimum atomic E-state index is -1.05. The van der Waals surface area contributed by atoms with E-state index < -0.39 is 18.2 Å². The topological polar surface area (TPSA) is 87.2 Å². The quantitative estimate of drug-likeness (QED) is 0.739. The molecule has 0 saturated carbocycles. The fourth-order valence-electron chi connectivity index (χ4n) is 2.05. The molecule has 0 aromatic carbocycles. The number of carbonyl (C=O) groups excluding carboxylic acids is 2. The smallest absolute Gasteiger partial charge is 0.332 e. The van der Waals surface area contributed by atoms with Crippen LogP contribution in [0.5, 0.6) is 0 Å². The van der Waals surface area contributed by atoms with E-state index in [0.717, 1.165) is 6.42 Å². The van der Waals surface area contributed by atoms with Gasteiger partial charge in [0.15, 0.2) is 6.10 Å². The first kappa shape index (κ1) is 16.4. The molecule has 1 fully saturated rings. The number of carboxylic acid groups (broad SMARTS) is 1. The lowest BCUT2D eigenvalue weighted by molar-refractivity contribution is -0.156. The lowest BCUT2D eigenvalue weighted by atomic mass is 10.1. The summed E-state index contributed by atoms with van der Waals surface area (Å²) in [7, 11) is 3.26. The average molecular weight is 286 g/mol. The Balaban J connectivity index is 2.65. The predicted molar refractivity (Wildman–Crippen MR) is 71.1 cm³/mol.